The number of nitrogens with zero attached hydrogens (tertiary/aromatic N) is 1. The molecular formula is C9H15N3S. The topological polar surface area (TPSA) is 64.9 Å². The minimum atomic E-state index is -0.0117. The quantitative estimate of drug-likeness (QED) is 0.767. The summed E-state index contributed by atoms with van der Waals surface area (Å²) in [5.74, 6) is 1.42. The van der Waals surface area contributed by atoms with Crippen LogP contribution >= 0.6 is 11.8 Å². The lowest BCUT2D eigenvalue weighted by molar-refractivity contribution is 0.827. The number of rotatable bonds is 3. The molecule has 0 aliphatic rings. The fourth-order valence-electron chi connectivity index (χ4n) is 1.17. The highest BCUT2D eigenvalue weighted by atomic mass is 32.2. The van der Waals surface area contributed by atoms with E-state index in [9.17, 15) is 0 Å². The van der Waals surface area contributed by atoms with E-state index >= 15 is 0 Å². The molecule has 0 aliphatic heterocycles. The van der Waals surface area contributed by atoms with Gasteiger partial charge in [-0.1, -0.05) is 0 Å². The number of aromatic nitrogens is 1. The second-order valence-electron chi connectivity index (χ2n) is 3.05. The number of nitrogens with two attached hydrogens (primary N) is 2. The number of pyridine rings is 1. The van der Waals surface area contributed by atoms with Crippen LogP contribution in [0.25, 0.3) is 0 Å². The number of anilines is 1. The summed E-state index contributed by atoms with van der Waals surface area (Å²) < 4.78 is 0. The van der Waals surface area contributed by atoms with Crippen LogP contribution < -0.4 is 11.5 Å². The zero-order chi connectivity index (χ0) is 9.84. The van der Waals surface area contributed by atoms with E-state index in [4.69, 9.17) is 11.5 Å². The van der Waals surface area contributed by atoms with Crippen LogP contribution in [0, 0.1) is 6.92 Å². The number of nitrogen functional groups attached to an aromatic ring is 1. The van der Waals surface area contributed by atoms with Crippen LogP contribution in [0.1, 0.15) is 17.2 Å². The average molecular weight is 197 g/mol. The highest BCUT2D eigenvalue weighted by molar-refractivity contribution is 7.98. The maximum atomic E-state index is 5.93. The van der Waals surface area contributed by atoms with Crippen LogP contribution in [0.3, 0.4) is 0 Å². The molecule has 1 aromatic heterocycles. The standard InChI is InChI=1S/C9H15N3S/c1-6-3-7(8(10)5-13-2)9(11)12-4-6/h3-4,8H,5,10H2,1-2H3,(H2,11,12). The van der Waals surface area contributed by atoms with E-state index < -0.39 is 0 Å². The minimum absolute atomic E-state index is 0.0117. The third-order valence-corrected chi connectivity index (χ3v) is 2.52. The molecule has 13 heavy (non-hydrogen) atoms. The third-order valence-electron chi connectivity index (χ3n) is 1.83. The van der Waals surface area contributed by atoms with Gasteiger partial charge in [-0.15, -0.1) is 0 Å². The van der Waals surface area contributed by atoms with Crippen LogP contribution in [-0.2, 0) is 0 Å². The minimum Gasteiger partial charge on any atom is -0.383 e. The first kappa shape index (κ1) is 10.3. The van der Waals surface area contributed by atoms with Crippen molar-refractivity contribution < 1.29 is 0 Å². The van der Waals surface area contributed by atoms with Crippen molar-refractivity contribution in [2.75, 3.05) is 17.7 Å². The lowest BCUT2D eigenvalue weighted by Crippen LogP contribution is -2.15. The monoisotopic (exact) mass is 197 g/mol. The Morgan fingerprint density at radius 3 is 2.92 bits per heavy atom. The fourth-order valence-corrected chi connectivity index (χ4v) is 1.71. The summed E-state index contributed by atoms with van der Waals surface area (Å²) in [5.41, 5.74) is 13.7. The lowest BCUT2D eigenvalue weighted by Gasteiger charge is -2.12. The second-order valence-corrected chi connectivity index (χ2v) is 3.96. The van der Waals surface area contributed by atoms with E-state index in [1.165, 1.54) is 0 Å². The molecule has 0 radical (unpaired) electrons. The van der Waals surface area contributed by atoms with Crippen molar-refractivity contribution in [1.29, 1.82) is 0 Å². The first-order valence-corrected chi connectivity index (χ1v) is 5.51. The summed E-state index contributed by atoms with van der Waals surface area (Å²) in [6, 6.07) is 1.99. The van der Waals surface area contributed by atoms with E-state index in [1.54, 1.807) is 18.0 Å². The molecule has 1 atom stereocenters. The Kier molecular flexibility index (Phi) is 3.57. The van der Waals surface area contributed by atoms with Gasteiger partial charge in [-0.05, 0) is 24.8 Å². The highest BCUT2D eigenvalue weighted by Crippen LogP contribution is 2.20. The Bertz CT molecular complexity index is 288. The molecule has 4 heteroatoms. The number of hydrogen-bond donors (Lipinski definition) is 2. The van der Waals surface area contributed by atoms with Crippen LogP contribution in [0.4, 0.5) is 5.82 Å². The molecule has 1 unspecified atom stereocenters. The predicted molar refractivity (Wildman–Crippen MR) is 58.7 cm³/mol. The van der Waals surface area contributed by atoms with Crippen molar-refractivity contribution in [3.05, 3.63) is 23.4 Å². The van der Waals surface area contributed by atoms with Crippen LogP contribution in [0.15, 0.2) is 12.3 Å². The predicted octanol–water partition coefficient (Wildman–Crippen LogP) is 1.34. The summed E-state index contributed by atoms with van der Waals surface area (Å²) in [6.07, 6.45) is 3.78. The summed E-state index contributed by atoms with van der Waals surface area (Å²) >= 11 is 1.71. The Morgan fingerprint density at radius 2 is 2.31 bits per heavy atom. The van der Waals surface area contributed by atoms with E-state index in [2.05, 4.69) is 4.98 Å². The van der Waals surface area contributed by atoms with Gasteiger partial charge in [0.25, 0.3) is 0 Å². The summed E-state index contributed by atoms with van der Waals surface area (Å²) in [5, 5.41) is 0. The number of thioether (sulfide) groups is 1. The van der Waals surface area contributed by atoms with Gasteiger partial charge in [0.05, 0.1) is 0 Å². The first-order valence-electron chi connectivity index (χ1n) is 4.11. The SMILES string of the molecule is CSCC(N)c1cc(C)cnc1N. The molecular weight excluding hydrogens is 182 g/mol. The van der Waals surface area contributed by atoms with Crippen molar-refractivity contribution >= 4 is 17.6 Å². The van der Waals surface area contributed by atoms with Crippen molar-refractivity contribution in [2.24, 2.45) is 5.73 Å². The lowest BCUT2D eigenvalue weighted by atomic mass is 10.1. The molecule has 0 saturated carbocycles. The van der Waals surface area contributed by atoms with Crippen molar-refractivity contribution in [2.45, 2.75) is 13.0 Å². The van der Waals surface area contributed by atoms with Gasteiger partial charge < -0.3 is 11.5 Å². The Morgan fingerprint density at radius 1 is 1.62 bits per heavy atom. The van der Waals surface area contributed by atoms with E-state index in [0.29, 0.717) is 5.82 Å². The zero-order valence-electron chi connectivity index (χ0n) is 7.95. The molecule has 0 aliphatic carbocycles. The summed E-state index contributed by atoms with van der Waals surface area (Å²) in [4.78, 5) is 4.07. The molecule has 0 bridgehead atoms. The Balaban J connectivity index is 2.91. The zero-order valence-corrected chi connectivity index (χ0v) is 8.77. The van der Waals surface area contributed by atoms with Gasteiger partial charge in [0.1, 0.15) is 5.82 Å². The van der Waals surface area contributed by atoms with Crippen LogP contribution in [0.5, 0.6) is 0 Å². The molecule has 1 aromatic rings. The molecule has 0 saturated heterocycles. The van der Waals surface area contributed by atoms with Gasteiger partial charge in [0.2, 0.25) is 0 Å². The van der Waals surface area contributed by atoms with Crippen molar-refractivity contribution in [3.63, 3.8) is 0 Å². The molecule has 4 N–H and O–H groups in total. The maximum Gasteiger partial charge on any atom is 0.128 e. The summed E-state index contributed by atoms with van der Waals surface area (Å²) in [7, 11) is 0. The Labute approximate surface area is 82.9 Å². The van der Waals surface area contributed by atoms with Crippen molar-refractivity contribution in [1.82, 2.24) is 4.98 Å². The summed E-state index contributed by atoms with van der Waals surface area (Å²) in [6.45, 7) is 1.99. The molecule has 3 nitrogen and oxygen atoms in total. The van der Waals surface area contributed by atoms with Crippen LogP contribution in [0.2, 0.25) is 0 Å². The van der Waals surface area contributed by atoms with Gasteiger partial charge in [-0.25, -0.2) is 4.98 Å². The number of hydrogen-bond acceptors (Lipinski definition) is 4. The molecule has 72 valence electrons. The van der Waals surface area contributed by atoms with E-state index in [1.807, 2.05) is 19.2 Å². The highest BCUT2D eigenvalue weighted by Gasteiger charge is 2.09. The Hall–Kier alpha value is -0.740. The van der Waals surface area contributed by atoms with Gasteiger partial charge in [-0.2, -0.15) is 11.8 Å². The molecule has 0 fully saturated rings. The normalized spacial score (nSPS) is 12.8. The van der Waals surface area contributed by atoms with E-state index in [0.717, 1.165) is 16.9 Å². The maximum absolute atomic E-state index is 5.93. The molecule has 0 spiro atoms. The van der Waals surface area contributed by atoms with E-state index in [-0.39, 0.29) is 6.04 Å². The van der Waals surface area contributed by atoms with Gasteiger partial charge >= 0.3 is 0 Å². The largest absolute Gasteiger partial charge is 0.383 e. The fraction of sp³-hybridized carbons (Fsp3) is 0.444. The first-order chi connectivity index (χ1) is 6.15. The molecule has 1 rings (SSSR count). The smallest absolute Gasteiger partial charge is 0.128 e. The molecule has 1 heterocycles. The molecule has 0 amide bonds. The van der Waals surface area contributed by atoms with Crippen LogP contribution in [-0.4, -0.2) is 17.0 Å². The average Bonchev–Trinajstić information content (AvgIpc) is 2.09. The third kappa shape index (κ3) is 2.60. The van der Waals surface area contributed by atoms with Crippen molar-refractivity contribution in [3.8, 4) is 0 Å². The number of aryl methyl sites for hydroxylation is 1. The molecule has 0 aromatic carbocycles. The van der Waals surface area contributed by atoms with Gasteiger partial charge in [-0.3, -0.25) is 0 Å². The van der Waals surface area contributed by atoms with Gasteiger partial charge in [0, 0.05) is 23.6 Å². The van der Waals surface area contributed by atoms with Gasteiger partial charge in [0.15, 0.2) is 0 Å². The second kappa shape index (κ2) is 4.48.